The number of likely N-dealkylation sites (N-methyl/N-ethyl adjacent to an activating group) is 4. The summed E-state index contributed by atoms with van der Waals surface area (Å²) in [6.07, 6.45) is 1.99. The lowest BCUT2D eigenvalue weighted by Crippen LogP contribution is -2.61. The van der Waals surface area contributed by atoms with Gasteiger partial charge in [0.1, 0.15) is 49.0 Å². The van der Waals surface area contributed by atoms with Crippen LogP contribution < -0.4 is 10.6 Å². The normalized spacial score (nSPS) is 14.3. The molecular formula is C46H76N6O10. The molecule has 0 aliphatic heterocycles. The van der Waals surface area contributed by atoms with Crippen molar-refractivity contribution >= 4 is 41.6 Å². The predicted octanol–water partition coefficient (Wildman–Crippen LogP) is 4.59. The van der Waals surface area contributed by atoms with Crippen LogP contribution in [-0.2, 0) is 49.4 Å². The Morgan fingerprint density at radius 1 is 0.758 bits per heavy atom. The maximum Gasteiger partial charge on any atom is 0.410 e. The molecule has 0 aliphatic carbocycles. The second kappa shape index (κ2) is 26.5. The van der Waals surface area contributed by atoms with E-state index in [0.717, 1.165) is 23.3 Å². The summed E-state index contributed by atoms with van der Waals surface area (Å²) in [7, 11) is 5.84. The monoisotopic (exact) mass is 873 g/mol. The fourth-order valence-corrected chi connectivity index (χ4v) is 6.44. The third kappa shape index (κ3) is 18.5. The van der Waals surface area contributed by atoms with E-state index in [9.17, 15) is 33.6 Å². The number of nitrogens with zero attached hydrogens (tertiary/aromatic N) is 4. The maximum absolute atomic E-state index is 14.6. The summed E-state index contributed by atoms with van der Waals surface area (Å²) in [5.74, 6) is -3.70. The number of rotatable bonds is 25. The first-order valence-corrected chi connectivity index (χ1v) is 21.6. The number of benzene rings is 1. The van der Waals surface area contributed by atoms with E-state index in [4.69, 9.17) is 14.2 Å². The molecule has 0 fully saturated rings. The quantitative estimate of drug-likeness (QED) is 0.0801. The van der Waals surface area contributed by atoms with Gasteiger partial charge in [-0.15, -0.1) is 0 Å². The number of amides is 6. The van der Waals surface area contributed by atoms with Crippen molar-refractivity contribution in [1.29, 1.82) is 0 Å². The lowest BCUT2D eigenvalue weighted by molar-refractivity contribution is -0.151. The predicted molar refractivity (Wildman–Crippen MR) is 239 cm³/mol. The summed E-state index contributed by atoms with van der Waals surface area (Å²) in [4.78, 5) is 101. The molecule has 0 radical (unpaired) electrons. The van der Waals surface area contributed by atoms with Crippen molar-refractivity contribution in [2.24, 2.45) is 11.8 Å². The highest BCUT2D eigenvalue weighted by atomic mass is 16.6. The van der Waals surface area contributed by atoms with Gasteiger partial charge in [0.2, 0.25) is 29.5 Å². The van der Waals surface area contributed by atoms with E-state index in [2.05, 4.69) is 17.2 Å². The van der Waals surface area contributed by atoms with Crippen molar-refractivity contribution in [3.05, 3.63) is 48.6 Å². The molecule has 6 atom stereocenters. The van der Waals surface area contributed by atoms with Crippen LogP contribution in [0.5, 0.6) is 0 Å². The van der Waals surface area contributed by atoms with Crippen LogP contribution >= 0.6 is 0 Å². The minimum Gasteiger partial charge on any atom is -0.460 e. The Labute approximate surface area is 370 Å². The van der Waals surface area contributed by atoms with Crippen LogP contribution in [0.25, 0.3) is 0 Å². The van der Waals surface area contributed by atoms with Crippen molar-refractivity contribution in [3.8, 4) is 0 Å². The summed E-state index contributed by atoms with van der Waals surface area (Å²) in [5, 5.41) is 5.75. The van der Waals surface area contributed by atoms with E-state index in [1.165, 1.54) is 49.0 Å². The molecule has 62 heavy (non-hydrogen) atoms. The van der Waals surface area contributed by atoms with Crippen LogP contribution in [0.15, 0.2) is 43.0 Å². The first-order valence-electron chi connectivity index (χ1n) is 21.6. The van der Waals surface area contributed by atoms with Gasteiger partial charge >= 0.3 is 12.1 Å². The smallest absolute Gasteiger partial charge is 0.410 e. The molecule has 1 rings (SSSR count). The fourth-order valence-electron chi connectivity index (χ4n) is 6.44. The minimum atomic E-state index is -1.22. The second-order valence-electron chi connectivity index (χ2n) is 17.8. The van der Waals surface area contributed by atoms with Crippen LogP contribution in [0.1, 0.15) is 100 Å². The van der Waals surface area contributed by atoms with Gasteiger partial charge < -0.3 is 39.5 Å². The molecule has 0 heterocycles. The molecule has 16 heteroatoms. The summed E-state index contributed by atoms with van der Waals surface area (Å²) in [6.45, 7) is 21.4. The van der Waals surface area contributed by atoms with Gasteiger partial charge in [0.05, 0.1) is 6.10 Å². The highest BCUT2D eigenvalue weighted by Gasteiger charge is 2.39. The summed E-state index contributed by atoms with van der Waals surface area (Å²) < 4.78 is 16.5. The average Bonchev–Trinajstić information content (AvgIpc) is 3.20. The molecule has 1 aromatic carbocycles. The van der Waals surface area contributed by atoms with Gasteiger partial charge in [-0.2, -0.15) is 0 Å². The molecule has 0 saturated heterocycles. The average molecular weight is 873 g/mol. The van der Waals surface area contributed by atoms with E-state index < -0.39 is 83.5 Å². The highest BCUT2D eigenvalue weighted by molar-refractivity contribution is 5.96. The van der Waals surface area contributed by atoms with E-state index in [1.807, 2.05) is 65.0 Å². The van der Waals surface area contributed by atoms with Gasteiger partial charge in [-0.3, -0.25) is 33.7 Å². The van der Waals surface area contributed by atoms with E-state index in [0.29, 0.717) is 6.61 Å². The molecule has 0 aromatic heterocycles. The van der Waals surface area contributed by atoms with Crippen LogP contribution in [0.3, 0.4) is 0 Å². The molecule has 1 aromatic rings. The number of carbonyl (C=O) groups excluding carboxylic acids is 7. The van der Waals surface area contributed by atoms with Crippen molar-refractivity contribution < 1.29 is 47.8 Å². The Morgan fingerprint density at radius 3 is 1.85 bits per heavy atom. The first kappa shape index (κ1) is 55.0. The molecule has 0 bridgehead atoms. The van der Waals surface area contributed by atoms with Crippen LogP contribution in [-0.4, -0.2) is 151 Å². The number of nitrogens with one attached hydrogen (secondary N) is 2. The summed E-state index contributed by atoms with van der Waals surface area (Å²) in [6, 6.07) is 3.61. The molecule has 0 saturated carbocycles. The Balaban J connectivity index is 3.57. The zero-order valence-electron chi connectivity index (χ0n) is 39.8. The topological polar surface area (TPSA) is 184 Å². The van der Waals surface area contributed by atoms with E-state index >= 15 is 0 Å². The van der Waals surface area contributed by atoms with Crippen molar-refractivity contribution in [3.63, 3.8) is 0 Å². The third-order valence-electron chi connectivity index (χ3n) is 10.2. The lowest BCUT2D eigenvalue weighted by Gasteiger charge is -2.36. The zero-order chi connectivity index (χ0) is 47.5. The molecule has 2 N–H and O–H groups in total. The molecule has 16 nitrogen and oxygen atoms in total. The van der Waals surface area contributed by atoms with Gasteiger partial charge in [0.15, 0.2) is 0 Å². The Morgan fingerprint density at radius 2 is 1.32 bits per heavy atom. The second-order valence-corrected chi connectivity index (χ2v) is 17.8. The number of carbonyl (C=O) groups is 7. The molecule has 350 valence electrons. The largest absolute Gasteiger partial charge is 0.460 e. The standard InChI is InChI=1S/C46H76N6O10/c1-16-18-25-60-33(8)39(44(58)49(12)29-38(53)61-24-17-2)48-41(55)36(27-31(5)6)52(15)43(57)35(26-30(3)4)47-40(54)37(28-34-22-20-19-21-23-34)51(14)42(56)32(7)50(13)45(59)62-46(9,10)11/h17,19-23,30-33,35-37,39H,2,16,18,24-29H2,1,3-15H3,(H,47,54)(H,48,55)/t32?,33-,35+,36+,37-,39+/m1/s1. The highest BCUT2D eigenvalue weighted by Crippen LogP contribution is 2.19. The van der Waals surface area contributed by atoms with Crippen LogP contribution in [0, 0.1) is 11.8 Å². The van der Waals surface area contributed by atoms with Gasteiger partial charge in [-0.05, 0) is 71.3 Å². The lowest BCUT2D eigenvalue weighted by atomic mass is 9.97. The number of esters is 1. The van der Waals surface area contributed by atoms with Crippen LogP contribution in [0.4, 0.5) is 4.79 Å². The van der Waals surface area contributed by atoms with E-state index in [-0.39, 0.29) is 44.2 Å². The minimum absolute atomic E-state index is 0.0256. The van der Waals surface area contributed by atoms with Gasteiger partial charge in [-0.25, -0.2) is 4.79 Å². The molecular weight excluding hydrogens is 797 g/mol. The van der Waals surface area contributed by atoms with Gasteiger partial charge in [-0.1, -0.05) is 84.0 Å². The number of hydrogen-bond acceptors (Lipinski definition) is 10. The Kier molecular flexibility index (Phi) is 23.5. The molecule has 1 unspecified atom stereocenters. The van der Waals surface area contributed by atoms with Crippen molar-refractivity contribution in [1.82, 2.24) is 30.2 Å². The summed E-state index contributed by atoms with van der Waals surface area (Å²) >= 11 is 0. The zero-order valence-corrected chi connectivity index (χ0v) is 39.8. The van der Waals surface area contributed by atoms with E-state index in [1.54, 1.807) is 34.6 Å². The molecule has 6 amide bonds. The number of hydrogen-bond donors (Lipinski definition) is 2. The van der Waals surface area contributed by atoms with Crippen LogP contribution in [0.2, 0.25) is 0 Å². The fraction of sp³-hybridized carbons (Fsp3) is 0.674. The number of ether oxygens (including phenoxy) is 3. The maximum atomic E-state index is 14.6. The summed E-state index contributed by atoms with van der Waals surface area (Å²) in [5.41, 5.74) is -0.0378. The first-order chi connectivity index (χ1) is 28.9. The van der Waals surface area contributed by atoms with Crippen molar-refractivity contribution in [2.45, 2.75) is 143 Å². The van der Waals surface area contributed by atoms with Crippen molar-refractivity contribution in [2.75, 3.05) is 47.9 Å². The number of unbranched alkanes of at least 4 members (excludes halogenated alkanes) is 1. The Hall–Kier alpha value is -4.99. The molecule has 0 aliphatic rings. The van der Waals surface area contributed by atoms with Gasteiger partial charge in [0.25, 0.3) is 0 Å². The van der Waals surface area contributed by atoms with Gasteiger partial charge in [0, 0.05) is 41.2 Å². The molecule has 0 spiro atoms. The SMILES string of the molecule is C=CCOC(=O)CN(C)C(=O)[C@@H](NC(=O)[C@H](CC(C)C)N(C)C(=O)[C@H](CC(C)C)NC(=O)[C@@H](Cc1ccccc1)N(C)C(=O)C(C)N(C)C(=O)OC(C)(C)C)[C@@H](C)OCCCC. The Bertz CT molecular complexity index is 1630. The third-order valence-corrected chi connectivity index (χ3v) is 10.2.